The van der Waals surface area contributed by atoms with Gasteiger partial charge in [-0.2, -0.15) is 0 Å². The summed E-state index contributed by atoms with van der Waals surface area (Å²) in [5.74, 6) is -1.98. The minimum absolute atomic E-state index is 0.0342. The molecule has 1 aliphatic heterocycles. The number of nitrogens with zero attached hydrogens (tertiary/aromatic N) is 1. The maximum Gasteiger partial charge on any atom is 0.355 e. The smallest absolute Gasteiger partial charge is 0.355 e. The summed E-state index contributed by atoms with van der Waals surface area (Å²) in [7, 11) is 1.79. The van der Waals surface area contributed by atoms with E-state index in [0.29, 0.717) is 11.3 Å². The SMILES string of the molecule is CC1=C[C@]23C(=O)[C@@H](C=C4COC(C)(C)O[C@H]4[C@]2(O)[C@H]1OC(=O)c1c(C)ccn1C)C(C)(C)[C@@H](C)C[C@H]3C. The minimum atomic E-state index is -1.83. The summed E-state index contributed by atoms with van der Waals surface area (Å²) in [6.07, 6.45) is 4.50. The van der Waals surface area contributed by atoms with Crippen molar-refractivity contribution >= 4 is 11.8 Å². The highest BCUT2D eigenvalue weighted by molar-refractivity contribution is 5.96. The Hall–Kier alpha value is -2.22. The molecule has 4 aliphatic rings. The normalized spacial score (nSPS) is 40.1. The van der Waals surface area contributed by atoms with Gasteiger partial charge in [0.2, 0.25) is 0 Å². The number of aliphatic hydroxyl groups is 1. The van der Waals surface area contributed by atoms with Crippen LogP contribution < -0.4 is 0 Å². The van der Waals surface area contributed by atoms with Crippen molar-refractivity contribution in [2.45, 2.75) is 85.4 Å². The highest BCUT2D eigenvalue weighted by atomic mass is 16.7. The lowest BCUT2D eigenvalue weighted by atomic mass is 9.59. The summed E-state index contributed by atoms with van der Waals surface area (Å²) in [5, 5.41) is 13.1. The van der Waals surface area contributed by atoms with Crippen LogP contribution in [0.3, 0.4) is 0 Å². The van der Waals surface area contributed by atoms with Crippen molar-refractivity contribution in [1.29, 1.82) is 0 Å². The van der Waals surface area contributed by atoms with E-state index in [-0.39, 0.29) is 29.6 Å². The van der Waals surface area contributed by atoms with Gasteiger partial charge in [-0.1, -0.05) is 39.8 Å². The summed E-state index contributed by atoms with van der Waals surface area (Å²) in [6, 6.07) is 1.85. The third-order valence-electron chi connectivity index (χ3n) is 9.98. The fourth-order valence-corrected chi connectivity index (χ4v) is 7.48. The number of aryl methyl sites for hydroxylation is 2. The van der Waals surface area contributed by atoms with E-state index >= 15 is 0 Å². The second-order valence-corrected chi connectivity index (χ2v) is 13.0. The van der Waals surface area contributed by atoms with Crippen molar-refractivity contribution in [2.75, 3.05) is 6.61 Å². The van der Waals surface area contributed by atoms with Crippen LogP contribution in [-0.2, 0) is 26.1 Å². The van der Waals surface area contributed by atoms with E-state index in [1.807, 2.05) is 52.8 Å². The lowest BCUT2D eigenvalue weighted by Gasteiger charge is -2.52. The molecule has 0 unspecified atom stereocenters. The average molecular weight is 512 g/mol. The molecule has 202 valence electrons. The molecule has 0 aromatic carbocycles. The standard InChI is InChI=1S/C30H41NO6/c1-16-10-11-31(9)22(16)26(33)36-24-17(2)14-29-19(4)12-18(3)27(5,6)21(23(29)32)13-20-15-35-28(7,8)37-25(20)30(24,29)34/h10-11,13-14,18-19,21,24-25,34H,12,15H2,1-9H3/t18-,19+,21+,24-,25+,29-,30+/m0/s1. The van der Waals surface area contributed by atoms with Crippen LogP contribution in [0.2, 0.25) is 0 Å². The van der Waals surface area contributed by atoms with E-state index < -0.39 is 40.9 Å². The molecule has 1 saturated heterocycles. The largest absolute Gasteiger partial charge is 0.450 e. The Morgan fingerprint density at radius 1 is 1.16 bits per heavy atom. The monoisotopic (exact) mass is 511 g/mol. The van der Waals surface area contributed by atoms with Crippen LogP contribution in [0.4, 0.5) is 0 Å². The van der Waals surface area contributed by atoms with Crippen molar-refractivity contribution in [2.24, 2.45) is 35.6 Å². The summed E-state index contributed by atoms with van der Waals surface area (Å²) in [4.78, 5) is 28.3. The van der Waals surface area contributed by atoms with Crippen LogP contribution in [0.5, 0.6) is 0 Å². The number of ketones is 1. The Kier molecular flexibility index (Phi) is 5.81. The molecule has 7 nitrogen and oxygen atoms in total. The molecule has 1 aromatic heterocycles. The Bertz CT molecular complexity index is 1200. The van der Waals surface area contributed by atoms with Gasteiger partial charge in [0, 0.05) is 19.2 Å². The number of hydrogen-bond acceptors (Lipinski definition) is 6. The number of ether oxygens (including phenoxy) is 3. The lowest BCUT2D eigenvalue weighted by Crippen LogP contribution is -2.68. The second kappa shape index (κ2) is 8.14. The molecule has 2 fully saturated rings. The summed E-state index contributed by atoms with van der Waals surface area (Å²) in [6.45, 7) is 16.1. The number of fused-ring (bicyclic) bond motifs is 3. The highest BCUT2D eigenvalue weighted by Gasteiger charge is 2.74. The number of aromatic nitrogens is 1. The molecule has 1 spiro atoms. The van der Waals surface area contributed by atoms with Crippen molar-refractivity contribution in [3.05, 3.63) is 46.8 Å². The molecule has 2 heterocycles. The van der Waals surface area contributed by atoms with Crippen LogP contribution >= 0.6 is 0 Å². The van der Waals surface area contributed by atoms with E-state index in [2.05, 4.69) is 20.8 Å². The predicted octanol–water partition coefficient (Wildman–Crippen LogP) is 4.52. The van der Waals surface area contributed by atoms with Gasteiger partial charge in [-0.25, -0.2) is 4.79 Å². The number of Topliss-reactive ketones (excluding diaryl/α,β-unsaturated/α-hetero) is 1. The lowest BCUT2D eigenvalue weighted by molar-refractivity contribution is -0.302. The van der Waals surface area contributed by atoms with Gasteiger partial charge in [-0.15, -0.1) is 0 Å². The van der Waals surface area contributed by atoms with Gasteiger partial charge in [0.25, 0.3) is 0 Å². The van der Waals surface area contributed by atoms with Crippen LogP contribution in [0, 0.1) is 35.5 Å². The number of carbonyl (C=O) groups is 2. The summed E-state index contributed by atoms with van der Waals surface area (Å²) < 4.78 is 20.4. The van der Waals surface area contributed by atoms with Crippen LogP contribution in [-0.4, -0.2) is 51.6 Å². The number of hydrogen-bond donors (Lipinski definition) is 1. The van der Waals surface area contributed by atoms with E-state index in [4.69, 9.17) is 14.2 Å². The topological polar surface area (TPSA) is 87.0 Å². The molecular formula is C30H41NO6. The zero-order valence-electron chi connectivity index (χ0n) is 23.5. The fraction of sp³-hybridized carbons (Fsp3) is 0.667. The molecule has 3 aliphatic carbocycles. The van der Waals surface area contributed by atoms with Gasteiger partial charge >= 0.3 is 5.97 Å². The average Bonchev–Trinajstić information content (AvgIpc) is 3.21. The van der Waals surface area contributed by atoms with Crippen molar-refractivity contribution < 1.29 is 28.9 Å². The quantitative estimate of drug-likeness (QED) is 0.464. The zero-order valence-corrected chi connectivity index (χ0v) is 23.5. The third kappa shape index (κ3) is 3.43. The van der Waals surface area contributed by atoms with Crippen molar-refractivity contribution in [1.82, 2.24) is 4.57 Å². The van der Waals surface area contributed by atoms with Crippen LogP contribution in [0.25, 0.3) is 0 Å². The van der Waals surface area contributed by atoms with Crippen molar-refractivity contribution in [3.8, 4) is 0 Å². The maximum absolute atomic E-state index is 14.8. The first-order chi connectivity index (χ1) is 17.1. The third-order valence-corrected chi connectivity index (χ3v) is 9.98. The molecule has 2 bridgehead atoms. The first-order valence-electron chi connectivity index (χ1n) is 13.4. The molecule has 0 amide bonds. The molecule has 37 heavy (non-hydrogen) atoms. The fourth-order valence-electron chi connectivity index (χ4n) is 7.48. The van der Waals surface area contributed by atoms with Gasteiger partial charge < -0.3 is 23.9 Å². The Balaban J connectivity index is 1.73. The van der Waals surface area contributed by atoms with Crippen molar-refractivity contribution in [3.63, 3.8) is 0 Å². The number of allylic oxidation sites excluding steroid dienone is 1. The molecule has 0 radical (unpaired) electrons. The minimum Gasteiger partial charge on any atom is -0.450 e. The first kappa shape index (κ1) is 26.4. The first-order valence-corrected chi connectivity index (χ1v) is 13.4. The van der Waals surface area contributed by atoms with Gasteiger partial charge in [0.15, 0.2) is 23.3 Å². The van der Waals surface area contributed by atoms with E-state index in [1.165, 1.54) is 0 Å². The molecular weight excluding hydrogens is 470 g/mol. The van der Waals surface area contributed by atoms with E-state index in [0.717, 1.165) is 17.6 Å². The predicted molar refractivity (Wildman–Crippen MR) is 139 cm³/mol. The van der Waals surface area contributed by atoms with Gasteiger partial charge in [-0.05, 0) is 74.1 Å². The molecule has 7 heteroatoms. The Morgan fingerprint density at radius 2 is 1.84 bits per heavy atom. The number of carbonyl (C=O) groups excluding carboxylic acids is 2. The molecule has 5 rings (SSSR count). The second-order valence-electron chi connectivity index (χ2n) is 13.0. The molecule has 1 saturated carbocycles. The maximum atomic E-state index is 14.8. The van der Waals surface area contributed by atoms with Crippen LogP contribution in [0.1, 0.15) is 70.9 Å². The van der Waals surface area contributed by atoms with Crippen LogP contribution in [0.15, 0.2) is 35.6 Å². The Morgan fingerprint density at radius 3 is 2.46 bits per heavy atom. The molecule has 1 N–H and O–H groups in total. The van der Waals surface area contributed by atoms with Gasteiger partial charge in [0.1, 0.15) is 11.8 Å². The Labute approximate surface area is 219 Å². The van der Waals surface area contributed by atoms with Gasteiger partial charge in [-0.3, -0.25) is 4.79 Å². The van der Waals surface area contributed by atoms with E-state index in [1.54, 1.807) is 17.8 Å². The number of esters is 1. The summed E-state index contributed by atoms with van der Waals surface area (Å²) >= 11 is 0. The summed E-state index contributed by atoms with van der Waals surface area (Å²) in [5.41, 5.74) is -0.852. The highest BCUT2D eigenvalue weighted by Crippen LogP contribution is 2.63. The zero-order chi connectivity index (χ0) is 27.3. The van der Waals surface area contributed by atoms with Gasteiger partial charge in [0.05, 0.1) is 12.0 Å². The molecule has 7 atom stereocenters. The van der Waals surface area contributed by atoms with E-state index in [9.17, 15) is 14.7 Å². The number of rotatable bonds is 2. The molecule has 1 aromatic rings.